The number of nitrogens with zero attached hydrogens (tertiary/aromatic N) is 1. The second-order valence-corrected chi connectivity index (χ2v) is 15.2. The zero-order valence-corrected chi connectivity index (χ0v) is 31.1. The predicted octanol–water partition coefficient (Wildman–Crippen LogP) is 16.0. The van der Waals surface area contributed by atoms with Gasteiger partial charge in [-0.1, -0.05) is 109 Å². The van der Waals surface area contributed by atoms with E-state index in [0.717, 1.165) is 94.0 Å². The standard InChI is InChI=1S/C54H31NO3/c1-2-11-39-37(9-1)38-10-3-4-12-40(38)47-30-35(22-25-41(39)47)55(34-20-17-32(18-21-34)33-19-24-43-42-13-5-7-15-48(42)57-51(43)29-33)36-23-26-44-45-27-28-50-53(54(45)58-52(44)31-36)46-14-6-8-16-49(46)56-50/h1-31H. The molecule has 13 aromatic rings. The summed E-state index contributed by atoms with van der Waals surface area (Å²) in [6.45, 7) is 0. The summed E-state index contributed by atoms with van der Waals surface area (Å²) in [6.07, 6.45) is 0. The zero-order chi connectivity index (χ0) is 37.9. The Morgan fingerprint density at radius 1 is 0.259 bits per heavy atom. The fourth-order valence-corrected chi connectivity index (χ4v) is 9.36. The van der Waals surface area contributed by atoms with Crippen molar-refractivity contribution in [1.29, 1.82) is 0 Å². The van der Waals surface area contributed by atoms with Crippen molar-refractivity contribution < 1.29 is 13.3 Å². The van der Waals surface area contributed by atoms with Crippen molar-refractivity contribution in [1.82, 2.24) is 0 Å². The first-order chi connectivity index (χ1) is 28.7. The van der Waals surface area contributed by atoms with Crippen molar-refractivity contribution in [2.45, 2.75) is 0 Å². The number of hydrogen-bond acceptors (Lipinski definition) is 4. The van der Waals surface area contributed by atoms with E-state index in [-0.39, 0.29) is 0 Å². The molecule has 0 amide bonds. The summed E-state index contributed by atoms with van der Waals surface area (Å²) in [4.78, 5) is 2.34. The van der Waals surface area contributed by atoms with Gasteiger partial charge in [0.05, 0.1) is 5.39 Å². The van der Waals surface area contributed by atoms with E-state index in [4.69, 9.17) is 13.3 Å². The third-order valence-electron chi connectivity index (χ3n) is 12.0. The lowest BCUT2D eigenvalue weighted by Crippen LogP contribution is -2.09. The molecule has 0 N–H and O–H groups in total. The first-order valence-corrected chi connectivity index (χ1v) is 19.7. The van der Waals surface area contributed by atoms with Crippen molar-refractivity contribution in [3.8, 4) is 11.1 Å². The highest BCUT2D eigenvalue weighted by Gasteiger charge is 2.20. The molecule has 270 valence electrons. The fraction of sp³-hybridized carbons (Fsp3) is 0. The van der Waals surface area contributed by atoms with Crippen LogP contribution in [0.15, 0.2) is 201 Å². The maximum atomic E-state index is 6.81. The molecule has 0 aliphatic carbocycles. The number of rotatable bonds is 4. The quantitative estimate of drug-likeness (QED) is 0.168. The van der Waals surface area contributed by atoms with Crippen LogP contribution in [0.1, 0.15) is 0 Å². The minimum Gasteiger partial charge on any atom is -0.456 e. The number of para-hydroxylation sites is 2. The molecule has 58 heavy (non-hydrogen) atoms. The van der Waals surface area contributed by atoms with Gasteiger partial charge in [0, 0.05) is 50.1 Å². The predicted molar refractivity (Wildman–Crippen MR) is 241 cm³/mol. The van der Waals surface area contributed by atoms with Crippen LogP contribution in [0.5, 0.6) is 0 Å². The SMILES string of the molecule is c1ccc2c(c1)oc1cc(-c3ccc(N(c4ccc5c(c4)oc4c5ccc5oc6ccccc6c54)c4ccc5c6ccccc6c6ccccc6c5c4)cc3)ccc12. The molecule has 0 atom stereocenters. The average molecular weight is 742 g/mol. The van der Waals surface area contributed by atoms with Gasteiger partial charge >= 0.3 is 0 Å². The Labute approximate surface area is 331 Å². The molecule has 10 aromatic carbocycles. The molecule has 0 unspecified atom stereocenters. The molecule has 4 heteroatoms. The van der Waals surface area contributed by atoms with Crippen molar-refractivity contribution >= 4 is 115 Å². The highest BCUT2D eigenvalue weighted by Crippen LogP contribution is 2.44. The number of furan rings is 3. The van der Waals surface area contributed by atoms with Crippen molar-refractivity contribution in [3.05, 3.63) is 188 Å². The second kappa shape index (κ2) is 11.8. The second-order valence-electron chi connectivity index (χ2n) is 15.2. The Kier molecular flexibility index (Phi) is 6.41. The normalized spacial score (nSPS) is 12.1. The molecule has 3 aromatic heterocycles. The van der Waals surface area contributed by atoms with E-state index in [1.807, 2.05) is 30.3 Å². The molecule has 0 bridgehead atoms. The molecular formula is C54H31NO3. The maximum Gasteiger partial charge on any atom is 0.147 e. The lowest BCUT2D eigenvalue weighted by molar-refractivity contribution is 0.663. The molecule has 4 nitrogen and oxygen atoms in total. The maximum absolute atomic E-state index is 6.81. The van der Waals surface area contributed by atoms with Gasteiger partial charge in [-0.2, -0.15) is 0 Å². The van der Waals surface area contributed by atoms with Gasteiger partial charge in [0.1, 0.15) is 33.5 Å². The van der Waals surface area contributed by atoms with Gasteiger partial charge in [0.2, 0.25) is 0 Å². The molecule has 0 spiro atoms. The average Bonchev–Trinajstić information content (AvgIpc) is 3.97. The topological polar surface area (TPSA) is 42.7 Å². The fourth-order valence-electron chi connectivity index (χ4n) is 9.36. The van der Waals surface area contributed by atoms with Crippen LogP contribution in [0.2, 0.25) is 0 Å². The van der Waals surface area contributed by atoms with Crippen LogP contribution in [0.3, 0.4) is 0 Å². The molecule has 13 rings (SSSR count). The van der Waals surface area contributed by atoms with Gasteiger partial charge in [-0.05, 0) is 116 Å². The largest absolute Gasteiger partial charge is 0.456 e. The van der Waals surface area contributed by atoms with Crippen molar-refractivity contribution in [3.63, 3.8) is 0 Å². The lowest BCUT2D eigenvalue weighted by atomic mass is 9.94. The molecule has 0 aliphatic heterocycles. The summed E-state index contributed by atoms with van der Waals surface area (Å²) in [6, 6.07) is 66.8. The smallest absolute Gasteiger partial charge is 0.147 e. The van der Waals surface area contributed by atoms with E-state index in [1.54, 1.807) is 0 Å². The molecule has 0 saturated heterocycles. The highest BCUT2D eigenvalue weighted by molar-refractivity contribution is 6.26. The van der Waals surface area contributed by atoms with Gasteiger partial charge < -0.3 is 18.2 Å². The van der Waals surface area contributed by atoms with Gasteiger partial charge in [0.15, 0.2) is 0 Å². The Balaban J connectivity index is 1.01. The van der Waals surface area contributed by atoms with Gasteiger partial charge in [-0.3, -0.25) is 0 Å². The molecule has 3 heterocycles. The first kappa shape index (κ1) is 31.4. The molecular weight excluding hydrogens is 711 g/mol. The third kappa shape index (κ3) is 4.51. The van der Waals surface area contributed by atoms with Crippen LogP contribution >= 0.6 is 0 Å². The number of hydrogen-bond donors (Lipinski definition) is 0. The van der Waals surface area contributed by atoms with Crippen LogP contribution in [0.25, 0.3) is 109 Å². The summed E-state index contributed by atoms with van der Waals surface area (Å²) >= 11 is 0. The molecule has 0 fully saturated rings. The molecule has 0 saturated carbocycles. The van der Waals surface area contributed by atoms with E-state index < -0.39 is 0 Å². The van der Waals surface area contributed by atoms with Gasteiger partial charge in [-0.25, -0.2) is 0 Å². The van der Waals surface area contributed by atoms with Crippen molar-refractivity contribution in [2.24, 2.45) is 0 Å². The van der Waals surface area contributed by atoms with Crippen LogP contribution in [0.4, 0.5) is 17.1 Å². The van der Waals surface area contributed by atoms with Crippen molar-refractivity contribution in [2.75, 3.05) is 4.90 Å². The number of anilines is 3. The minimum absolute atomic E-state index is 0.822. The van der Waals surface area contributed by atoms with E-state index in [1.165, 1.54) is 32.3 Å². The zero-order valence-electron chi connectivity index (χ0n) is 31.1. The van der Waals surface area contributed by atoms with Crippen LogP contribution < -0.4 is 4.90 Å². The highest BCUT2D eigenvalue weighted by atomic mass is 16.3. The summed E-state index contributed by atoms with van der Waals surface area (Å²) in [7, 11) is 0. The van der Waals surface area contributed by atoms with E-state index in [9.17, 15) is 0 Å². The van der Waals surface area contributed by atoms with E-state index in [2.05, 4.69) is 163 Å². The summed E-state index contributed by atoms with van der Waals surface area (Å²) < 4.78 is 19.3. The molecule has 0 radical (unpaired) electrons. The van der Waals surface area contributed by atoms with E-state index in [0.29, 0.717) is 0 Å². The van der Waals surface area contributed by atoms with Crippen LogP contribution in [-0.2, 0) is 0 Å². The molecule has 0 aliphatic rings. The van der Waals surface area contributed by atoms with Gasteiger partial charge in [-0.15, -0.1) is 0 Å². The Hall–Kier alpha value is -7.82. The minimum atomic E-state index is 0.822. The summed E-state index contributed by atoms with van der Waals surface area (Å²) in [5, 5.41) is 13.9. The Morgan fingerprint density at radius 3 is 1.47 bits per heavy atom. The first-order valence-electron chi connectivity index (χ1n) is 19.7. The van der Waals surface area contributed by atoms with Gasteiger partial charge in [0.25, 0.3) is 0 Å². The Morgan fingerprint density at radius 2 is 0.724 bits per heavy atom. The lowest BCUT2D eigenvalue weighted by Gasteiger charge is -2.26. The number of benzene rings is 10. The summed E-state index contributed by atoms with van der Waals surface area (Å²) in [5.41, 5.74) is 10.5. The van der Waals surface area contributed by atoms with Crippen LogP contribution in [0, 0.1) is 0 Å². The monoisotopic (exact) mass is 741 g/mol. The van der Waals surface area contributed by atoms with E-state index >= 15 is 0 Å². The Bertz CT molecular complexity index is 3770. The summed E-state index contributed by atoms with van der Waals surface area (Å²) in [5.74, 6) is 0. The van der Waals surface area contributed by atoms with Crippen LogP contribution in [-0.4, -0.2) is 0 Å². The third-order valence-corrected chi connectivity index (χ3v) is 12.0. The number of fused-ring (bicyclic) bond motifs is 16.